The maximum atomic E-state index is 11.7. The molecule has 0 unspecified atom stereocenters. The molecule has 1 aromatic carbocycles. The molecule has 0 aromatic heterocycles. The molecule has 0 saturated carbocycles. The van der Waals surface area contributed by atoms with Crippen LogP contribution in [0.3, 0.4) is 0 Å². The quantitative estimate of drug-likeness (QED) is 0.682. The van der Waals surface area contributed by atoms with Crippen molar-refractivity contribution in [2.24, 2.45) is 5.73 Å². The van der Waals surface area contributed by atoms with Crippen LogP contribution in [-0.4, -0.2) is 18.4 Å². The van der Waals surface area contributed by atoms with E-state index in [4.69, 9.17) is 5.73 Å². The van der Waals surface area contributed by atoms with Crippen LogP contribution in [0.2, 0.25) is 0 Å². The number of carbonyl (C=O) groups is 2. The molecule has 110 valence electrons. The average Bonchev–Trinajstić information content (AvgIpc) is 2.45. The lowest BCUT2D eigenvalue weighted by Crippen LogP contribution is -2.17. The Morgan fingerprint density at radius 1 is 1.00 bits per heavy atom. The van der Waals surface area contributed by atoms with Crippen LogP contribution in [0, 0.1) is 0 Å². The summed E-state index contributed by atoms with van der Waals surface area (Å²) in [5.74, 6) is -0.124. The maximum absolute atomic E-state index is 11.7. The van der Waals surface area contributed by atoms with Gasteiger partial charge in [0.2, 0.25) is 11.8 Å². The lowest BCUT2D eigenvalue weighted by molar-refractivity contribution is -0.117. The van der Waals surface area contributed by atoms with Crippen molar-refractivity contribution in [3.05, 3.63) is 24.3 Å². The van der Waals surface area contributed by atoms with Gasteiger partial charge < -0.3 is 16.4 Å². The predicted octanol–water partition coefficient (Wildman–Crippen LogP) is 2.49. The molecule has 2 amide bonds. The molecule has 5 nitrogen and oxygen atoms in total. The summed E-state index contributed by atoms with van der Waals surface area (Å²) in [6.07, 6.45) is 3.36. The van der Waals surface area contributed by atoms with E-state index >= 15 is 0 Å². The van der Waals surface area contributed by atoms with E-state index in [1.165, 1.54) is 0 Å². The summed E-state index contributed by atoms with van der Waals surface area (Å²) in [7, 11) is 0. The van der Waals surface area contributed by atoms with Crippen molar-refractivity contribution in [2.75, 3.05) is 17.2 Å². The van der Waals surface area contributed by atoms with Crippen molar-refractivity contribution in [1.29, 1.82) is 0 Å². The molecule has 1 rings (SSSR count). The highest BCUT2D eigenvalue weighted by Gasteiger charge is 2.08. The summed E-state index contributed by atoms with van der Waals surface area (Å²) >= 11 is 0. The molecule has 0 aliphatic rings. The van der Waals surface area contributed by atoms with Gasteiger partial charge in [0.1, 0.15) is 0 Å². The van der Waals surface area contributed by atoms with Gasteiger partial charge in [0.05, 0.1) is 11.4 Å². The van der Waals surface area contributed by atoms with Crippen molar-refractivity contribution in [2.45, 2.75) is 39.0 Å². The third-order valence-electron chi connectivity index (χ3n) is 2.84. The third kappa shape index (κ3) is 5.84. The topological polar surface area (TPSA) is 84.2 Å². The number of hydrogen-bond acceptors (Lipinski definition) is 3. The van der Waals surface area contributed by atoms with Crippen molar-refractivity contribution in [3.63, 3.8) is 0 Å². The Morgan fingerprint density at radius 3 is 1.95 bits per heavy atom. The summed E-state index contributed by atoms with van der Waals surface area (Å²) in [6, 6.07) is 7.20. The smallest absolute Gasteiger partial charge is 0.224 e. The first-order valence-electron chi connectivity index (χ1n) is 7.06. The molecule has 0 radical (unpaired) electrons. The Morgan fingerprint density at radius 2 is 1.50 bits per heavy atom. The van der Waals surface area contributed by atoms with Crippen LogP contribution in [0.25, 0.3) is 0 Å². The van der Waals surface area contributed by atoms with E-state index in [2.05, 4.69) is 10.6 Å². The molecule has 0 fully saturated rings. The molecule has 1 aromatic rings. The summed E-state index contributed by atoms with van der Waals surface area (Å²) < 4.78 is 0. The molecule has 20 heavy (non-hydrogen) atoms. The van der Waals surface area contributed by atoms with Gasteiger partial charge in [-0.1, -0.05) is 25.5 Å². The number of nitrogens with two attached hydrogens (primary N) is 1. The minimum Gasteiger partial charge on any atom is -0.330 e. The molecule has 0 atom stereocenters. The SMILES string of the molecule is CCCCC(=O)Nc1ccccc1NC(=O)CCCN. The highest BCUT2D eigenvalue weighted by molar-refractivity contribution is 5.99. The Balaban J connectivity index is 2.63. The van der Waals surface area contributed by atoms with Crippen LogP contribution in [0.15, 0.2) is 24.3 Å². The number of unbranched alkanes of at least 4 members (excludes halogenated alkanes) is 1. The molecule has 0 aliphatic carbocycles. The summed E-state index contributed by atoms with van der Waals surface area (Å²) in [4.78, 5) is 23.4. The predicted molar refractivity (Wildman–Crippen MR) is 81.5 cm³/mol. The van der Waals surface area contributed by atoms with Gasteiger partial charge >= 0.3 is 0 Å². The number of carbonyl (C=O) groups excluding carboxylic acids is 2. The molecule has 0 saturated heterocycles. The second-order valence-electron chi connectivity index (χ2n) is 4.64. The van der Waals surface area contributed by atoms with E-state index in [0.717, 1.165) is 12.8 Å². The first-order valence-corrected chi connectivity index (χ1v) is 7.06. The van der Waals surface area contributed by atoms with Crippen LogP contribution < -0.4 is 16.4 Å². The Hall–Kier alpha value is -1.88. The zero-order chi connectivity index (χ0) is 14.8. The van der Waals surface area contributed by atoms with E-state index in [1.807, 2.05) is 19.1 Å². The molecule has 0 heterocycles. The van der Waals surface area contributed by atoms with Gasteiger partial charge in [-0.15, -0.1) is 0 Å². The number of rotatable bonds is 8. The molecular weight excluding hydrogens is 254 g/mol. The van der Waals surface area contributed by atoms with Crippen LogP contribution >= 0.6 is 0 Å². The van der Waals surface area contributed by atoms with Crippen LogP contribution in [0.4, 0.5) is 11.4 Å². The van der Waals surface area contributed by atoms with Gasteiger partial charge in [-0.05, 0) is 31.5 Å². The second kappa shape index (κ2) is 9.09. The molecule has 0 bridgehead atoms. The van der Waals surface area contributed by atoms with Crippen molar-refractivity contribution in [3.8, 4) is 0 Å². The zero-order valence-corrected chi connectivity index (χ0v) is 11.9. The molecule has 4 N–H and O–H groups in total. The van der Waals surface area contributed by atoms with Gasteiger partial charge in [-0.3, -0.25) is 9.59 Å². The van der Waals surface area contributed by atoms with E-state index in [0.29, 0.717) is 37.2 Å². The fourth-order valence-corrected chi connectivity index (χ4v) is 1.73. The molecule has 5 heteroatoms. The minimum absolute atomic E-state index is 0.0319. The van der Waals surface area contributed by atoms with Crippen molar-refractivity contribution < 1.29 is 9.59 Å². The number of benzene rings is 1. The first kappa shape index (κ1) is 16.2. The average molecular weight is 277 g/mol. The standard InChI is InChI=1S/C15H23N3O2/c1-2-3-9-14(19)17-12-7-4-5-8-13(12)18-15(20)10-6-11-16/h4-5,7-8H,2-3,6,9-11,16H2,1H3,(H,17,19)(H,18,20). The Labute approximate surface area is 119 Å². The van der Waals surface area contributed by atoms with E-state index in [9.17, 15) is 9.59 Å². The minimum atomic E-state index is -0.0919. The van der Waals surface area contributed by atoms with Crippen LogP contribution in [0.1, 0.15) is 39.0 Å². The first-order chi connectivity index (χ1) is 9.67. The number of nitrogens with one attached hydrogen (secondary N) is 2. The zero-order valence-electron chi connectivity index (χ0n) is 11.9. The van der Waals surface area contributed by atoms with Gasteiger partial charge in [0.25, 0.3) is 0 Å². The maximum Gasteiger partial charge on any atom is 0.224 e. The van der Waals surface area contributed by atoms with Crippen molar-refractivity contribution in [1.82, 2.24) is 0 Å². The number of amides is 2. The largest absolute Gasteiger partial charge is 0.330 e. The summed E-state index contributed by atoms with van der Waals surface area (Å²) in [5.41, 5.74) is 6.63. The van der Waals surface area contributed by atoms with Gasteiger partial charge in [-0.25, -0.2) is 0 Å². The van der Waals surface area contributed by atoms with Gasteiger partial charge in [0.15, 0.2) is 0 Å². The number of para-hydroxylation sites is 2. The fourth-order valence-electron chi connectivity index (χ4n) is 1.73. The third-order valence-corrected chi connectivity index (χ3v) is 2.84. The fraction of sp³-hybridized carbons (Fsp3) is 0.467. The van der Waals surface area contributed by atoms with Gasteiger partial charge in [0, 0.05) is 12.8 Å². The molecule has 0 aliphatic heterocycles. The lowest BCUT2D eigenvalue weighted by atomic mass is 10.2. The normalized spacial score (nSPS) is 10.1. The van der Waals surface area contributed by atoms with E-state index < -0.39 is 0 Å². The highest BCUT2D eigenvalue weighted by atomic mass is 16.2. The van der Waals surface area contributed by atoms with E-state index in [-0.39, 0.29) is 11.8 Å². The Bertz CT molecular complexity index is 405. The van der Waals surface area contributed by atoms with Crippen LogP contribution in [0.5, 0.6) is 0 Å². The van der Waals surface area contributed by atoms with Crippen LogP contribution in [-0.2, 0) is 9.59 Å². The number of hydrogen-bond donors (Lipinski definition) is 3. The number of anilines is 2. The highest BCUT2D eigenvalue weighted by Crippen LogP contribution is 2.21. The van der Waals surface area contributed by atoms with E-state index in [1.54, 1.807) is 12.1 Å². The van der Waals surface area contributed by atoms with Crippen molar-refractivity contribution >= 4 is 23.2 Å². The molecular formula is C15H23N3O2. The lowest BCUT2D eigenvalue weighted by Gasteiger charge is -2.12. The Kier molecular flexibility index (Phi) is 7.35. The molecule has 0 spiro atoms. The van der Waals surface area contributed by atoms with Gasteiger partial charge in [-0.2, -0.15) is 0 Å². The monoisotopic (exact) mass is 277 g/mol. The summed E-state index contributed by atoms with van der Waals surface area (Å²) in [6.45, 7) is 2.53. The summed E-state index contributed by atoms with van der Waals surface area (Å²) in [5, 5.41) is 5.63. The second-order valence-corrected chi connectivity index (χ2v) is 4.64.